The molecule has 2 heterocycles. The molecular formula is C18H19F3N2O. The summed E-state index contributed by atoms with van der Waals surface area (Å²) in [6.07, 6.45) is -5.26. The third kappa shape index (κ3) is 2.24. The van der Waals surface area contributed by atoms with Crippen LogP contribution in [0.3, 0.4) is 0 Å². The Kier molecular flexibility index (Phi) is 3.42. The van der Waals surface area contributed by atoms with Gasteiger partial charge in [0.25, 0.3) is 0 Å². The first-order chi connectivity index (χ1) is 11.4. The molecule has 1 fully saturated rings. The summed E-state index contributed by atoms with van der Waals surface area (Å²) in [5.41, 5.74) is 1.91. The van der Waals surface area contributed by atoms with E-state index in [0.29, 0.717) is 12.1 Å². The topological polar surface area (TPSA) is 15.7 Å². The fourth-order valence-corrected chi connectivity index (χ4v) is 3.88. The van der Waals surface area contributed by atoms with Gasteiger partial charge in [0.05, 0.1) is 5.69 Å². The minimum atomic E-state index is -4.41. The Morgan fingerprint density at radius 2 is 1.92 bits per heavy atom. The molecule has 128 valence electrons. The van der Waals surface area contributed by atoms with Gasteiger partial charge in [-0.1, -0.05) is 24.3 Å². The van der Waals surface area contributed by atoms with Crippen LogP contribution in [-0.4, -0.2) is 33.0 Å². The molecule has 2 aliphatic heterocycles. The fourth-order valence-electron chi connectivity index (χ4n) is 3.88. The lowest BCUT2D eigenvalue weighted by atomic mass is 9.96. The van der Waals surface area contributed by atoms with Gasteiger partial charge in [0.2, 0.25) is 0 Å². The second-order valence-electron chi connectivity index (χ2n) is 6.62. The normalized spacial score (nSPS) is 23.3. The van der Waals surface area contributed by atoms with Crippen LogP contribution < -0.4 is 9.80 Å². The van der Waals surface area contributed by atoms with Gasteiger partial charge in [-0.15, -0.1) is 0 Å². The van der Waals surface area contributed by atoms with Crippen molar-refractivity contribution in [1.82, 2.24) is 0 Å². The van der Waals surface area contributed by atoms with E-state index in [2.05, 4.69) is 0 Å². The standard InChI is InChI=1S/C18H19F3N2O/c1-22(2)14-6-3-5-12-11(14)8-9-13-16(12)23-10-4-7-15(23)24-17(13)18(19,20)21/h3,5-6,8-9,15,17H,4,7,10H2,1-2H3. The zero-order chi connectivity index (χ0) is 17.1. The van der Waals surface area contributed by atoms with Crippen LogP contribution in [0.25, 0.3) is 10.8 Å². The maximum absolute atomic E-state index is 13.5. The van der Waals surface area contributed by atoms with E-state index in [0.717, 1.165) is 29.4 Å². The Balaban J connectivity index is 2.00. The zero-order valence-electron chi connectivity index (χ0n) is 13.6. The molecule has 6 heteroatoms. The lowest BCUT2D eigenvalue weighted by Gasteiger charge is -2.40. The number of fused-ring (bicyclic) bond motifs is 5. The molecule has 0 saturated carbocycles. The Bertz CT molecular complexity index is 788. The number of nitrogens with zero attached hydrogens (tertiary/aromatic N) is 2. The highest BCUT2D eigenvalue weighted by Gasteiger charge is 2.49. The summed E-state index contributed by atoms with van der Waals surface area (Å²) in [6.45, 7) is 0.730. The van der Waals surface area contributed by atoms with Crippen molar-refractivity contribution in [3.05, 3.63) is 35.9 Å². The first kappa shape index (κ1) is 15.6. The first-order valence-electron chi connectivity index (χ1n) is 8.09. The molecule has 0 radical (unpaired) electrons. The quantitative estimate of drug-likeness (QED) is 0.764. The SMILES string of the molecule is CN(C)c1cccc2c3c(ccc12)C(C(F)(F)F)OC1CCCN31. The molecule has 1 saturated heterocycles. The van der Waals surface area contributed by atoms with Gasteiger partial charge < -0.3 is 14.5 Å². The maximum Gasteiger partial charge on any atom is 0.419 e. The van der Waals surface area contributed by atoms with Crippen molar-refractivity contribution in [2.45, 2.75) is 31.3 Å². The van der Waals surface area contributed by atoms with E-state index in [9.17, 15) is 13.2 Å². The third-order valence-electron chi connectivity index (χ3n) is 4.88. The van der Waals surface area contributed by atoms with Crippen LogP contribution >= 0.6 is 0 Å². The maximum atomic E-state index is 13.5. The van der Waals surface area contributed by atoms with E-state index in [4.69, 9.17) is 4.74 Å². The Morgan fingerprint density at radius 3 is 2.62 bits per heavy atom. The van der Waals surface area contributed by atoms with Crippen LogP contribution in [0.1, 0.15) is 24.5 Å². The van der Waals surface area contributed by atoms with Gasteiger partial charge in [-0.2, -0.15) is 13.2 Å². The predicted octanol–water partition coefficient (Wildman–Crippen LogP) is 4.47. The lowest BCUT2D eigenvalue weighted by Crippen LogP contribution is -2.42. The molecule has 0 spiro atoms. The molecule has 24 heavy (non-hydrogen) atoms. The Labute approximate surface area is 138 Å². The van der Waals surface area contributed by atoms with E-state index < -0.39 is 18.5 Å². The summed E-state index contributed by atoms with van der Waals surface area (Å²) in [6, 6.07) is 9.16. The molecule has 4 rings (SSSR count). The van der Waals surface area contributed by atoms with E-state index >= 15 is 0 Å². The van der Waals surface area contributed by atoms with E-state index in [1.54, 1.807) is 12.1 Å². The molecule has 0 amide bonds. The van der Waals surface area contributed by atoms with Gasteiger partial charge in [0.1, 0.15) is 6.23 Å². The molecule has 2 unspecified atom stereocenters. The molecule has 2 aromatic rings. The Hall–Kier alpha value is -1.95. The smallest absolute Gasteiger partial charge is 0.377 e. The summed E-state index contributed by atoms with van der Waals surface area (Å²) in [7, 11) is 3.88. The second kappa shape index (κ2) is 5.28. The van der Waals surface area contributed by atoms with Crippen molar-refractivity contribution in [1.29, 1.82) is 0 Å². The van der Waals surface area contributed by atoms with Crippen LogP contribution in [0.4, 0.5) is 24.5 Å². The fraction of sp³-hybridized carbons (Fsp3) is 0.444. The molecule has 0 aromatic heterocycles. The van der Waals surface area contributed by atoms with Crippen LogP contribution in [0.15, 0.2) is 30.3 Å². The van der Waals surface area contributed by atoms with Gasteiger partial charge in [-0.05, 0) is 18.9 Å². The van der Waals surface area contributed by atoms with E-state index in [1.165, 1.54) is 0 Å². The van der Waals surface area contributed by atoms with Crippen molar-refractivity contribution in [3.63, 3.8) is 0 Å². The highest BCUT2D eigenvalue weighted by atomic mass is 19.4. The van der Waals surface area contributed by atoms with Crippen molar-refractivity contribution < 1.29 is 17.9 Å². The summed E-state index contributed by atoms with van der Waals surface area (Å²) >= 11 is 0. The number of anilines is 2. The molecule has 0 bridgehead atoms. The number of rotatable bonds is 1. The summed E-state index contributed by atoms with van der Waals surface area (Å²) in [5.74, 6) is 0. The monoisotopic (exact) mass is 336 g/mol. The molecule has 2 aliphatic rings. The highest BCUT2D eigenvalue weighted by molar-refractivity contribution is 6.03. The van der Waals surface area contributed by atoms with Crippen molar-refractivity contribution >= 4 is 22.1 Å². The van der Waals surface area contributed by atoms with Crippen LogP contribution in [-0.2, 0) is 4.74 Å². The van der Waals surface area contributed by atoms with Gasteiger partial charge >= 0.3 is 6.18 Å². The molecule has 3 nitrogen and oxygen atoms in total. The summed E-state index contributed by atoms with van der Waals surface area (Å²) < 4.78 is 46.0. The van der Waals surface area contributed by atoms with Gasteiger partial charge in [0, 0.05) is 42.7 Å². The van der Waals surface area contributed by atoms with Gasteiger partial charge in [-0.3, -0.25) is 0 Å². The van der Waals surface area contributed by atoms with E-state index in [-0.39, 0.29) is 5.56 Å². The van der Waals surface area contributed by atoms with E-state index in [1.807, 2.05) is 42.1 Å². The third-order valence-corrected chi connectivity index (χ3v) is 4.88. The molecular weight excluding hydrogens is 317 g/mol. The van der Waals surface area contributed by atoms with Crippen molar-refractivity contribution in [2.75, 3.05) is 30.4 Å². The largest absolute Gasteiger partial charge is 0.419 e. The van der Waals surface area contributed by atoms with Crippen LogP contribution in [0.5, 0.6) is 0 Å². The minimum Gasteiger partial charge on any atom is -0.377 e. The second-order valence-corrected chi connectivity index (χ2v) is 6.62. The predicted molar refractivity (Wildman–Crippen MR) is 88.5 cm³/mol. The summed E-state index contributed by atoms with van der Waals surface area (Å²) in [4.78, 5) is 3.98. The Morgan fingerprint density at radius 1 is 1.12 bits per heavy atom. The minimum absolute atomic E-state index is 0.226. The number of halogens is 3. The number of hydrogen-bond donors (Lipinski definition) is 0. The first-order valence-corrected chi connectivity index (χ1v) is 8.09. The van der Waals surface area contributed by atoms with Gasteiger partial charge in [0.15, 0.2) is 6.10 Å². The highest BCUT2D eigenvalue weighted by Crippen LogP contribution is 2.50. The molecule has 2 aromatic carbocycles. The van der Waals surface area contributed by atoms with Gasteiger partial charge in [-0.25, -0.2) is 0 Å². The van der Waals surface area contributed by atoms with Crippen LogP contribution in [0, 0.1) is 0 Å². The van der Waals surface area contributed by atoms with Crippen LogP contribution in [0.2, 0.25) is 0 Å². The lowest BCUT2D eigenvalue weighted by molar-refractivity contribution is -0.238. The average Bonchev–Trinajstić information content (AvgIpc) is 3.00. The van der Waals surface area contributed by atoms with Crippen molar-refractivity contribution in [3.8, 4) is 0 Å². The summed E-state index contributed by atoms with van der Waals surface area (Å²) in [5, 5.41) is 1.83. The average molecular weight is 336 g/mol. The number of benzene rings is 2. The molecule has 2 atom stereocenters. The molecule has 0 aliphatic carbocycles. The number of ether oxygens (including phenoxy) is 1. The number of alkyl halides is 3. The number of hydrogen-bond acceptors (Lipinski definition) is 3. The zero-order valence-corrected chi connectivity index (χ0v) is 13.6. The van der Waals surface area contributed by atoms with Crippen molar-refractivity contribution in [2.24, 2.45) is 0 Å². The molecule has 0 N–H and O–H groups in total.